The van der Waals surface area contributed by atoms with E-state index in [0.29, 0.717) is 0 Å². The first-order valence-electron chi connectivity index (χ1n) is 6.73. The zero-order valence-corrected chi connectivity index (χ0v) is 13.3. The van der Waals surface area contributed by atoms with Crippen LogP contribution in [0.15, 0.2) is 22.7 Å². The van der Waals surface area contributed by atoms with Crippen LogP contribution in [0.2, 0.25) is 0 Å². The lowest BCUT2D eigenvalue weighted by Gasteiger charge is -2.00. The molecule has 20 heavy (non-hydrogen) atoms. The molecule has 3 nitrogen and oxygen atoms in total. The maximum absolute atomic E-state index is 13.3. The van der Waals surface area contributed by atoms with Gasteiger partial charge in [-0.15, -0.1) is 10.2 Å². The molecule has 6 heteroatoms. The first-order valence-corrected chi connectivity index (χ1v) is 8.34. The van der Waals surface area contributed by atoms with Crippen molar-refractivity contribution >= 4 is 27.3 Å². The molecule has 1 N–H and O–H groups in total. The molecule has 1 fully saturated rings. The van der Waals surface area contributed by atoms with Gasteiger partial charge in [-0.2, -0.15) is 0 Å². The molecule has 1 aromatic carbocycles. The summed E-state index contributed by atoms with van der Waals surface area (Å²) in [6, 6.07) is 5.37. The summed E-state index contributed by atoms with van der Waals surface area (Å²) in [7, 11) is 0. The molecule has 0 bridgehead atoms. The van der Waals surface area contributed by atoms with Crippen molar-refractivity contribution in [3.05, 3.63) is 33.5 Å². The summed E-state index contributed by atoms with van der Waals surface area (Å²) < 4.78 is 14.1. The van der Waals surface area contributed by atoms with Crippen molar-refractivity contribution in [1.82, 2.24) is 15.5 Å². The first kappa shape index (κ1) is 14.1. The number of aromatic nitrogens is 2. The molecule has 1 aliphatic rings. The summed E-state index contributed by atoms with van der Waals surface area (Å²) in [4.78, 5) is 0. The highest BCUT2D eigenvalue weighted by atomic mass is 79.9. The van der Waals surface area contributed by atoms with Gasteiger partial charge in [0.15, 0.2) is 0 Å². The van der Waals surface area contributed by atoms with Crippen molar-refractivity contribution in [2.45, 2.75) is 31.7 Å². The summed E-state index contributed by atoms with van der Waals surface area (Å²) in [5.74, 6) is -0.256. The summed E-state index contributed by atoms with van der Waals surface area (Å²) in [6.45, 7) is 1.03. The molecule has 106 valence electrons. The van der Waals surface area contributed by atoms with E-state index in [1.165, 1.54) is 36.3 Å². The third kappa shape index (κ3) is 3.62. The van der Waals surface area contributed by atoms with Gasteiger partial charge in [0.05, 0.1) is 0 Å². The van der Waals surface area contributed by atoms with Gasteiger partial charge in [0, 0.05) is 22.5 Å². The van der Waals surface area contributed by atoms with Crippen molar-refractivity contribution in [2.24, 2.45) is 0 Å². The van der Waals surface area contributed by atoms with E-state index in [0.717, 1.165) is 45.5 Å². The molecule has 0 spiro atoms. The number of rotatable bonds is 6. The summed E-state index contributed by atoms with van der Waals surface area (Å²) in [6.07, 6.45) is 4.62. The largest absolute Gasteiger partial charge is 0.314 e. The van der Waals surface area contributed by atoms with Gasteiger partial charge >= 0.3 is 0 Å². The van der Waals surface area contributed by atoms with Gasteiger partial charge in [0.2, 0.25) is 0 Å². The molecule has 1 saturated carbocycles. The number of hydrogen-bond donors (Lipinski definition) is 1. The molecule has 0 unspecified atom stereocenters. The number of hydrogen-bond acceptors (Lipinski definition) is 4. The average Bonchev–Trinajstić information content (AvgIpc) is 3.15. The predicted octanol–water partition coefficient (Wildman–Crippen LogP) is 3.79. The zero-order chi connectivity index (χ0) is 13.9. The Kier molecular flexibility index (Phi) is 4.43. The highest BCUT2D eigenvalue weighted by Gasteiger charge is 2.19. The molecule has 1 aliphatic carbocycles. The summed E-state index contributed by atoms with van der Waals surface area (Å²) in [5, 5.41) is 13.6. The Balaban J connectivity index is 1.61. The smallest absolute Gasteiger partial charge is 0.149 e. The van der Waals surface area contributed by atoms with Crippen LogP contribution < -0.4 is 5.32 Å². The normalized spacial score (nSPS) is 14.7. The Bertz CT molecular complexity index is 598. The Morgan fingerprint density at radius 2 is 2.20 bits per heavy atom. The highest BCUT2D eigenvalue weighted by molar-refractivity contribution is 9.10. The van der Waals surface area contributed by atoms with Crippen molar-refractivity contribution in [2.75, 3.05) is 6.54 Å². The van der Waals surface area contributed by atoms with Gasteiger partial charge in [-0.05, 0) is 44.0 Å². The lowest BCUT2D eigenvalue weighted by molar-refractivity contribution is 0.628. The van der Waals surface area contributed by atoms with Crippen molar-refractivity contribution in [1.29, 1.82) is 0 Å². The van der Waals surface area contributed by atoms with Crippen LogP contribution in [0.4, 0.5) is 4.39 Å². The molecule has 0 saturated heterocycles. The summed E-state index contributed by atoms with van der Waals surface area (Å²) >= 11 is 4.96. The minimum absolute atomic E-state index is 0.256. The quantitative estimate of drug-likeness (QED) is 0.801. The second-order valence-electron chi connectivity index (χ2n) is 4.96. The first-order chi connectivity index (χ1) is 9.72. The fourth-order valence-corrected chi connectivity index (χ4v) is 3.44. The van der Waals surface area contributed by atoms with Crippen molar-refractivity contribution in [3.8, 4) is 10.6 Å². The molecule has 0 amide bonds. The minimum atomic E-state index is -0.256. The van der Waals surface area contributed by atoms with E-state index in [2.05, 4.69) is 31.4 Å². The van der Waals surface area contributed by atoms with Crippen LogP contribution in [0.3, 0.4) is 0 Å². The lowest BCUT2D eigenvalue weighted by Crippen LogP contribution is -2.17. The fraction of sp³-hybridized carbons (Fsp3) is 0.429. The molecule has 3 rings (SSSR count). The highest BCUT2D eigenvalue weighted by Crippen LogP contribution is 2.31. The van der Waals surface area contributed by atoms with Crippen molar-refractivity contribution in [3.63, 3.8) is 0 Å². The number of nitrogens with one attached hydrogen (secondary N) is 1. The number of halogens is 2. The maximum Gasteiger partial charge on any atom is 0.149 e. The van der Waals surface area contributed by atoms with Crippen LogP contribution in [0.1, 0.15) is 24.3 Å². The van der Waals surface area contributed by atoms with E-state index in [-0.39, 0.29) is 5.82 Å². The van der Waals surface area contributed by atoms with E-state index in [1.807, 2.05) is 0 Å². The van der Waals surface area contributed by atoms with Crippen LogP contribution >= 0.6 is 27.3 Å². The van der Waals surface area contributed by atoms with E-state index in [9.17, 15) is 4.39 Å². The molecule has 1 aromatic heterocycles. The lowest BCUT2D eigenvalue weighted by atomic mass is 10.2. The van der Waals surface area contributed by atoms with E-state index >= 15 is 0 Å². The maximum atomic E-state index is 13.3. The van der Waals surface area contributed by atoms with Gasteiger partial charge in [0.25, 0.3) is 0 Å². The van der Waals surface area contributed by atoms with Gasteiger partial charge in [-0.1, -0.05) is 27.3 Å². The van der Waals surface area contributed by atoms with Crippen molar-refractivity contribution < 1.29 is 4.39 Å². The third-order valence-corrected chi connectivity index (χ3v) is 4.91. The zero-order valence-electron chi connectivity index (χ0n) is 10.9. The molecule has 1 heterocycles. The second-order valence-corrected chi connectivity index (χ2v) is 6.87. The summed E-state index contributed by atoms with van der Waals surface area (Å²) in [5.41, 5.74) is 0.768. The fourth-order valence-electron chi connectivity index (χ4n) is 1.96. The van der Waals surface area contributed by atoms with Crippen LogP contribution in [-0.2, 0) is 6.42 Å². The predicted molar refractivity (Wildman–Crippen MR) is 82.3 cm³/mol. The van der Waals surface area contributed by atoms with Gasteiger partial charge < -0.3 is 5.32 Å². The number of benzene rings is 1. The van der Waals surface area contributed by atoms with Gasteiger partial charge in [-0.3, -0.25) is 0 Å². The molecule has 0 radical (unpaired) electrons. The van der Waals surface area contributed by atoms with Crippen LogP contribution in [-0.4, -0.2) is 22.8 Å². The Labute approximate surface area is 129 Å². The minimum Gasteiger partial charge on any atom is -0.314 e. The Hall–Kier alpha value is -0.850. The van der Waals surface area contributed by atoms with Gasteiger partial charge in [-0.25, -0.2) is 4.39 Å². The van der Waals surface area contributed by atoms with E-state index in [4.69, 9.17) is 0 Å². The van der Waals surface area contributed by atoms with Gasteiger partial charge in [0.1, 0.15) is 15.8 Å². The SMILES string of the molecule is Fc1ccc(Br)c(-c2nnc(CCCNC3CC3)s2)c1. The second kappa shape index (κ2) is 6.28. The third-order valence-electron chi connectivity index (χ3n) is 3.20. The molecule has 0 atom stereocenters. The topological polar surface area (TPSA) is 37.8 Å². The van der Waals surface area contributed by atoms with Crippen LogP contribution in [0.25, 0.3) is 10.6 Å². The molecule has 2 aromatic rings. The van der Waals surface area contributed by atoms with Crippen LogP contribution in [0, 0.1) is 5.82 Å². The molecule has 0 aliphatic heterocycles. The standard InChI is InChI=1S/C14H15BrFN3S/c15-12-6-3-9(16)8-11(12)14-19-18-13(20-14)2-1-7-17-10-4-5-10/h3,6,8,10,17H,1-2,4-5,7H2. The average molecular weight is 356 g/mol. The van der Waals surface area contributed by atoms with E-state index < -0.39 is 0 Å². The molecular weight excluding hydrogens is 341 g/mol. The van der Waals surface area contributed by atoms with Crippen LogP contribution in [0.5, 0.6) is 0 Å². The monoisotopic (exact) mass is 355 g/mol. The number of nitrogens with zero attached hydrogens (tertiary/aromatic N) is 2. The van der Waals surface area contributed by atoms with E-state index in [1.54, 1.807) is 6.07 Å². The number of aryl methyl sites for hydroxylation is 1. The Morgan fingerprint density at radius 3 is 3.00 bits per heavy atom. The molecular formula is C14H15BrFN3S. The Morgan fingerprint density at radius 1 is 1.35 bits per heavy atom.